The highest BCUT2D eigenvalue weighted by Gasteiger charge is 2.22. The molecular formula is C26H24FN5O2S. The maximum Gasteiger partial charge on any atom is 0.270 e. The van der Waals surface area contributed by atoms with Crippen LogP contribution in [-0.4, -0.2) is 55.2 Å². The Morgan fingerprint density at radius 2 is 1.74 bits per heavy atom. The van der Waals surface area contributed by atoms with Gasteiger partial charge in [0.25, 0.3) is 5.91 Å². The number of hydrogen-bond acceptors (Lipinski definition) is 5. The maximum absolute atomic E-state index is 13.6. The van der Waals surface area contributed by atoms with Crippen LogP contribution in [0, 0.1) is 5.82 Å². The van der Waals surface area contributed by atoms with Crippen LogP contribution in [0.5, 0.6) is 0 Å². The van der Waals surface area contributed by atoms with Gasteiger partial charge in [-0.15, -0.1) is 10.2 Å². The maximum atomic E-state index is 13.6. The Hall–Kier alpha value is -3.72. The molecule has 1 aliphatic heterocycles. The smallest absolute Gasteiger partial charge is 0.270 e. The quantitative estimate of drug-likeness (QED) is 0.290. The number of H-pyrrole nitrogens is 1. The number of ketones is 1. The molecule has 4 aromatic rings. The number of hydrogen-bond donors (Lipinski definition) is 1. The second-order valence-corrected chi connectivity index (χ2v) is 9.33. The lowest BCUT2D eigenvalue weighted by atomic mass is 10.1. The number of aromatic amines is 1. The third-order valence-electron chi connectivity index (χ3n) is 5.95. The Balaban J connectivity index is 1.34. The number of amides is 1. The number of carbonyl (C=O) groups is 2. The topological polar surface area (TPSA) is 83.9 Å². The molecule has 1 fully saturated rings. The number of halogens is 1. The molecule has 0 atom stereocenters. The van der Waals surface area contributed by atoms with E-state index >= 15 is 0 Å². The predicted octanol–water partition coefficient (Wildman–Crippen LogP) is 4.54. The first-order chi connectivity index (χ1) is 17.1. The van der Waals surface area contributed by atoms with E-state index in [2.05, 4.69) is 15.2 Å². The Labute approximate surface area is 206 Å². The summed E-state index contributed by atoms with van der Waals surface area (Å²) in [5.74, 6) is 0.293. The summed E-state index contributed by atoms with van der Waals surface area (Å²) < 4.78 is 15.4. The van der Waals surface area contributed by atoms with Crippen LogP contribution in [0.25, 0.3) is 5.69 Å². The summed E-state index contributed by atoms with van der Waals surface area (Å²) in [6, 6.07) is 17.6. The molecule has 35 heavy (non-hydrogen) atoms. The van der Waals surface area contributed by atoms with Gasteiger partial charge in [0.1, 0.15) is 17.3 Å². The Kier molecular flexibility index (Phi) is 6.76. The van der Waals surface area contributed by atoms with Gasteiger partial charge in [-0.3, -0.25) is 14.2 Å². The van der Waals surface area contributed by atoms with Crippen molar-refractivity contribution < 1.29 is 14.0 Å². The second kappa shape index (κ2) is 10.3. The minimum absolute atomic E-state index is 0.0733. The van der Waals surface area contributed by atoms with Crippen molar-refractivity contribution in [3.63, 3.8) is 0 Å². The van der Waals surface area contributed by atoms with E-state index < -0.39 is 0 Å². The van der Waals surface area contributed by atoms with E-state index in [0.29, 0.717) is 28.7 Å². The standard InChI is InChI=1S/C26H24FN5O2S/c27-20-8-10-21(11-9-20)32-24(14-18-6-2-1-3-7-18)29-30-26(32)35-17-23(33)19-15-22(28-16-19)25(34)31-12-4-5-13-31/h1-3,6-11,15-16,28H,4-5,12-14,17H2. The average molecular weight is 490 g/mol. The molecule has 5 rings (SSSR count). The summed E-state index contributed by atoms with van der Waals surface area (Å²) in [6.07, 6.45) is 4.14. The van der Waals surface area contributed by atoms with Crippen molar-refractivity contribution in [3.05, 3.63) is 95.3 Å². The number of aromatic nitrogens is 4. The molecule has 3 heterocycles. The lowest BCUT2D eigenvalue weighted by Gasteiger charge is -2.13. The highest BCUT2D eigenvalue weighted by Crippen LogP contribution is 2.25. The fourth-order valence-electron chi connectivity index (χ4n) is 4.12. The fraction of sp³-hybridized carbons (Fsp3) is 0.231. The predicted molar refractivity (Wildman–Crippen MR) is 132 cm³/mol. The number of thioether (sulfide) groups is 1. The molecule has 0 radical (unpaired) electrons. The summed E-state index contributed by atoms with van der Waals surface area (Å²) in [5, 5.41) is 9.23. The largest absolute Gasteiger partial charge is 0.356 e. The van der Waals surface area contributed by atoms with Gasteiger partial charge in [0.05, 0.1) is 5.75 Å². The molecular weight excluding hydrogens is 465 g/mol. The molecule has 2 aromatic carbocycles. The van der Waals surface area contributed by atoms with E-state index in [4.69, 9.17) is 0 Å². The Morgan fingerprint density at radius 1 is 1.00 bits per heavy atom. The number of nitrogens with zero attached hydrogens (tertiary/aromatic N) is 4. The molecule has 0 saturated carbocycles. The first kappa shape index (κ1) is 23.0. The van der Waals surface area contributed by atoms with E-state index in [1.165, 1.54) is 23.9 Å². The van der Waals surface area contributed by atoms with Crippen LogP contribution >= 0.6 is 11.8 Å². The summed E-state index contributed by atoms with van der Waals surface area (Å²) in [7, 11) is 0. The number of likely N-dealkylation sites (tertiary alicyclic amines) is 1. The average Bonchev–Trinajstić information content (AvgIpc) is 3.65. The van der Waals surface area contributed by atoms with Crippen molar-refractivity contribution in [2.45, 2.75) is 24.4 Å². The molecule has 0 unspecified atom stereocenters. The van der Waals surface area contributed by atoms with E-state index in [0.717, 1.165) is 37.2 Å². The van der Waals surface area contributed by atoms with Gasteiger partial charge < -0.3 is 9.88 Å². The second-order valence-electron chi connectivity index (χ2n) is 8.39. The first-order valence-corrected chi connectivity index (χ1v) is 12.4. The highest BCUT2D eigenvalue weighted by atomic mass is 32.2. The number of nitrogens with one attached hydrogen (secondary N) is 1. The molecule has 0 spiro atoms. The van der Waals surface area contributed by atoms with Crippen molar-refractivity contribution in [1.29, 1.82) is 0 Å². The zero-order chi connectivity index (χ0) is 24.2. The molecule has 1 amide bonds. The molecule has 0 bridgehead atoms. The zero-order valence-electron chi connectivity index (χ0n) is 19.0. The van der Waals surface area contributed by atoms with Crippen LogP contribution < -0.4 is 0 Å². The van der Waals surface area contributed by atoms with E-state index in [1.807, 2.05) is 34.9 Å². The van der Waals surface area contributed by atoms with Crippen LogP contribution in [0.2, 0.25) is 0 Å². The van der Waals surface area contributed by atoms with Crippen molar-refractivity contribution in [2.24, 2.45) is 0 Å². The Morgan fingerprint density at radius 3 is 2.49 bits per heavy atom. The van der Waals surface area contributed by atoms with Gasteiger partial charge in [-0.1, -0.05) is 42.1 Å². The number of benzene rings is 2. The number of Topliss-reactive ketones (excluding diaryl/α,β-unsaturated/α-hetero) is 1. The van der Waals surface area contributed by atoms with Gasteiger partial charge >= 0.3 is 0 Å². The molecule has 0 aliphatic carbocycles. The summed E-state index contributed by atoms with van der Waals surface area (Å²) in [5.41, 5.74) is 2.67. The highest BCUT2D eigenvalue weighted by molar-refractivity contribution is 7.99. The summed E-state index contributed by atoms with van der Waals surface area (Å²) >= 11 is 1.26. The lowest BCUT2D eigenvalue weighted by molar-refractivity contribution is 0.0787. The molecule has 1 N–H and O–H groups in total. The van der Waals surface area contributed by atoms with Crippen LogP contribution in [0.15, 0.2) is 72.0 Å². The normalized spacial score (nSPS) is 13.3. The summed E-state index contributed by atoms with van der Waals surface area (Å²) in [6.45, 7) is 1.50. The zero-order valence-corrected chi connectivity index (χ0v) is 19.8. The van der Waals surface area contributed by atoms with E-state index in [1.54, 1.807) is 29.3 Å². The molecule has 1 aliphatic rings. The summed E-state index contributed by atoms with van der Waals surface area (Å²) in [4.78, 5) is 30.2. The van der Waals surface area contributed by atoms with Crippen LogP contribution in [0.1, 0.15) is 45.1 Å². The molecule has 1 saturated heterocycles. The molecule has 2 aromatic heterocycles. The van der Waals surface area contributed by atoms with Crippen molar-refractivity contribution in [3.8, 4) is 5.69 Å². The number of rotatable bonds is 8. The van der Waals surface area contributed by atoms with Gasteiger partial charge in [-0.25, -0.2) is 4.39 Å². The SMILES string of the molecule is O=C(CSc1nnc(Cc2ccccc2)n1-c1ccc(F)cc1)c1c[nH]c(C(=O)N2CCCC2)c1. The molecule has 7 nitrogen and oxygen atoms in total. The van der Waals surface area contributed by atoms with Crippen molar-refractivity contribution >= 4 is 23.5 Å². The van der Waals surface area contributed by atoms with Gasteiger partial charge in [0.15, 0.2) is 10.9 Å². The van der Waals surface area contributed by atoms with Gasteiger partial charge in [-0.05, 0) is 48.7 Å². The van der Waals surface area contributed by atoms with Crippen molar-refractivity contribution in [1.82, 2.24) is 24.6 Å². The van der Waals surface area contributed by atoms with Gasteiger partial charge in [0.2, 0.25) is 0 Å². The third kappa shape index (κ3) is 5.19. The van der Waals surface area contributed by atoms with Crippen LogP contribution in [0.3, 0.4) is 0 Å². The van der Waals surface area contributed by atoms with Gasteiger partial charge in [0, 0.05) is 37.0 Å². The monoisotopic (exact) mass is 489 g/mol. The van der Waals surface area contributed by atoms with Crippen LogP contribution in [-0.2, 0) is 6.42 Å². The van der Waals surface area contributed by atoms with Crippen molar-refractivity contribution in [2.75, 3.05) is 18.8 Å². The molecule has 9 heteroatoms. The lowest BCUT2D eigenvalue weighted by Crippen LogP contribution is -2.27. The minimum atomic E-state index is -0.331. The molecule has 178 valence electrons. The van der Waals surface area contributed by atoms with E-state index in [-0.39, 0.29) is 23.3 Å². The third-order valence-corrected chi connectivity index (χ3v) is 6.88. The number of carbonyl (C=O) groups excluding carboxylic acids is 2. The van der Waals surface area contributed by atoms with E-state index in [9.17, 15) is 14.0 Å². The first-order valence-electron chi connectivity index (χ1n) is 11.5. The Bertz CT molecular complexity index is 1330. The minimum Gasteiger partial charge on any atom is -0.356 e. The van der Waals surface area contributed by atoms with Crippen LogP contribution in [0.4, 0.5) is 4.39 Å². The fourth-order valence-corrected chi connectivity index (χ4v) is 4.98. The van der Waals surface area contributed by atoms with Gasteiger partial charge in [-0.2, -0.15) is 0 Å².